The highest BCUT2D eigenvalue weighted by Crippen LogP contribution is 2.49. The zero-order valence-corrected chi connectivity index (χ0v) is 19.1. The summed E-state index contributed by atoms with van der Waals surface area (Å²) >= 11 is 0. The van der Waals surface area contributed by atoms with E-state index in [2.05, 4.69) is 132 Å². The van der Waals surface area contributed by atoms with Gasteiger partial charge in [-0.3, -0.25) is 0 Å². The Balaban J connectivity index is 1.56. The van der Waals surface area contributed by atoms with Gasteiger partial charge in [-0.25, -0.2) is 0 Å². The van der Waals surface area contributed by atoms with Crippen molar-refractivity contribution in [1.82, 2.24) is 4.57 Å². The van der Waals surface area contributed by atoms with E-state index in [1.165, 1.54) is 71.6 Å². The summed E-state index contributed by atoms with van der Waals surface area (Å²) in [5.74, 6) is 0. The average Bonchev–Trinajstić information content (AvgIpc) is 3.21. The molecule has 0 aliphatic heterocycles. The van der Waals surface area contributed by atoms with Gasteiger partial charge in [0.2, 0.25) is 0 Å². The van der Waals surface area contributed by atoms with Crippen molar-refractivity contribution in [3.63, 3.8) is 0 Å². The van der Waals surface area contributed by atoms with Crippen molar-refractivity contribution in [2.24, 2.45) is 0 Å². The number of hydrogen-bond acceptors (Lipinski definition) is 0. The van der Waals surface area contributed by atoms with Gasteiger partial charge in [-0.15, -0.1) is 0 Å². The number of rotatable bonds is 2. The molecule has 0 radical (unpaired) electrons. The van der Waals surface area contributed by atoms with Crippen LogP contribution in [0.3, 0.4) is 0 Å². The highest BCUT2D eigenvalue weighted by Gasteiger charge is 2.24. The lowest BCUT2D eigenvalue weighted by atomic mass is 9.93. The quantitative estimate of drug-likeness (QED) is 0.251. The van der Waals surface area contributed by atoms with Crippen LogP contribution in [0.2, 0.25) is 0 Å². The SMILES string of the molecule is c1ccc(-c2cccc(-n3c4cccc5c4c4c6c(cccc6ccc43)-c3ccccc3-5)c2)cc1. The number of nitrogens with zero attached hydrogens (tertiary/aromatic N) is 1. The molecule has 1 aromatic heterocycles. The molecule has 0 spiro atoms. The van der Waals surface area contributed by atoms with Gasteiger partial charge in [-0.2, -0.15) is 0 Å². The van der Waals surface area contributed by atoms with Crippen LogP contribution >= 0.6 is 0 Å². The van der Waals surface area contributed by atoms with Crippen molar-refractivity contribution in [2.45, 2.75) is 0 Å². The summed E-state index contributed by atoms with van der Waals surface area (Å²) in [6, 6.07) is 46.5. The number of benzene rings is 6. The molecule has 1 heteroatoms. The molecule has 0 fully saturated rings. The van der Waals surface area contributed by atoms with Gasteiger partial charge < -0.3 is 4.57 Å². The van der Waals surface area contributed by atoms with Crippen molar-refractivity contribution in [2.75, 3.05) is 0 Å². The minimum absolute atomic E-state index is 1.19. The Morgan fingerprint density at radius 3 is 1.83 bits per heavy atom. The smallest absolute Gasteiger partial charge is 0.0548 e. The van der Waals surface area contributed by atoms with Crippen molar-refractivity contribution in [1.29, 1.82) is 0 Å². The molecule has 0 N–H and O–H groups in total. The summed E-state index contributed by atoms with van der Waals surface area (Å²) < 4.78 is 2.45. The molecular weight excluding hydrogens is 422 g/mol. The molecule has 8 rings (SSSR count). The van der Waals surface area contributed by atoms with Crippen LogP contribution in [0.4, 0.5) is 0 Å². The molecule has 0 bridgehead atoms. The second-order valence-corrected chi connectivity index (χ2v) is 9.36. The second kappa shape index (κ2) is 6.94. The van der Waals surface area contributed by atoms with Crippen LogP contribution in [0.25, 0.3) is 71.6 Å². The van der Waals surface area contributed by atoms with E-state index in [4.69, 9.17) is 0 Å². The number of hydrogen-bond donors (Lipinski definition) is 0. The first-order valence-electron chi connectivity index (χ1n) is 12.1. The molecule has 162 valence electrons. The van der Waals surface area contributed by atoms with Gasteiger partial charge >= 0.3 is 0 Å². The third-order valence-electron chi connectivity index (χ3n) is 7.52. The molecule has 0 amide bonds. The van der Waals surface area contributed by atoms with E-state index < -0.39 is 0 Å². The summed E-state index contributed by atoms with van der Waals surface area (Å²) in [4.78, 5) is 0. The Morgan fingerprint density at radius 2 is 1.00 bits per heavy atom. The maximum absolute atomic E-state index is 2.45. The Hall–Kier alpha value is -4.62. The molecular formula is C34H21N. The van der Waals surface area contributed by atoms with Gasteiger partial charge in [0.05, 0.1) is 11.0 Å². The average molecular weight is 444 g/mol. The zero-order valence-electron chi connectivity index (χ0n) is 19.1. The Morgan fingerprint density at radius 1 is 0.371 bits per heavy atom. The van der Waals surface area contributed by atoms with E-state index in [-0.39, 0.29) is 0 Å². The molecule has 6 aromatic carbocycles. The molecule has 35 heavy (non-hydrogen) atoms. The van der Waals surface area contributed by atoms with Crippen LogP contribution in [0.15, 0.2) is 127 Å². The normalized spacial score (nSPS) is 12.0. The van der Waals surface area contributed by atoms with Gasteiger partial charge in [0.25, 0.3) is 0 Å². The Labute approximate surface area is 203 Å². The summed E-state index contributed by atoms with van der Waals surface area (Å²) in [5.41, 5.74) is 11.4. The van der Waals surface area contributed by atoms with Gasteiger partial charge in [0.1, 0.15) is 0 Å². The van der Waals surface area contributed by atoms with Gasteiger partial charge in [-0.1, -0.05) is 103 Å². The minimum atomic E-state index is 1.19. The first kappa shape index (κ1) is 18.8. The third-order valence-corrected chi connectivity index (χ3v) is 7.52. The first-order valence-corrected chi connectivity index (χ1v) is 12.1. The molecule has 0 atom stereocenters. The summed E-state index contributed by atoms with van der Waals surface area (Å²) in [6.07, 6.45) is 0. The van der Waals surface area contributed by atoms with Crippen LogP contribution in [-0.2, 0) is 0 Å². The lowest BCUT2D eigenvalue weighted by Gasteiger charge is -2.14. The lowest BCUT2D eigenvalue weighted by Crippen LogP contribution is -1.95. The second-order valence-electron chi connectivity index (χ2n) is 9.36. The maximum atomic E-state index is 2.45. The van der Waals surface area contributed by atoms with Crippen LogP contribution < -0.4 is 0 Å². The standard InChI is InChI=1S/C34H21N/c1-2-9-22(10-3-1)24-12-6-13-25(21-24)35-30-18-8-17-29-27-15-5-4-14-26(27)28-16-7-11-23-19-20-31(35)34(32(23)28)33(29)30/h1-21H. The predicted molar refractivity (Wildman–Crippen MR) is 148 cm³/mol. The summed E-state index contributed by atoms with van der Waals surface area (Å²) in [5, 5.41) is 5.34. The Kier molecular flexibility index (Phi) is 3.72. The monoisotopic (exact) mass is 443 g/mol. The lowest BCUT2D eigenvalue weighted by molar-refractivity contribution is 1.18. The van der Waals surface area contributed by atoms with Crippen LogP contribution in [0, 0.1) is 0 Å². The molecule has 1 aliphatic carbocycles. The van der Waals surface area contributed by atoms with Crippen molar-refractivity contribution in [3.8, 4) is 39.1 Å². The highest BCUT2D eigenvalue weighted by molar-refractivity contribution is 6.30. The summed E-state index contributed by atoms with van der Waals surface area (Å²) in [7, 11) is 0. The molecule has 1 aliphatic rings. The summed E-state index contributed by atoms with van der Waals surface area (Å²) in [6.45, 7) is 0. The van der Waals surface area contributed by atoms with E-state index in [9.17, 15) is 0 Å². The van der Waals surface area contributed by atoms with Gasteiger partial charge in [0.15, 0.2) is 0 Å². The fourth-order valence-electron chi connectivity index (χ4n) is 6.06. The van der Waals surface area contributed by atoms with Crippen molar-refractivity contribution >= 4 is 32.6 Å². The fraction of sp³-hybridized carbons (Fsp3) is 0. The molecule has 0 unspecified atom stereocenters. The van der Waals surface area contributed by atoms with Gasteiger partial charge in [-0.05, 0) is 68.4 Å². The molecule has 0 saturated heterocycles. The van der Waals surface area contributed by atoms with E-state index in [0.29, 0.717) is 0 Å². The van der Waals surface area contributed by atoms with Gasteiger partial charge in [0, 0.05) is 16.5 Å². The first-order chi connectivity index (χ1) is 17.4. The highest BCUT2D eigenvalue weighted by atomic mass is 15.0. The van der Waals surface area contributed by atoms with E-state index in [0.717, 1.165) is 0 Å². The Bertz CT molecular complexity index is 1940. The fourth-order valence-corrected chi connectivity index (χ4v) is 6.06. The van der Waals surface area contributed by atoms with E-state index in [1.54, 1.807) is 0 Å². The zero-order chi connectivity index (χ0) is 22.9. The molecule has 0 saturated carbocycles. The molecule has 1 nitrogen and oxygen atoms in total. The maximum Gasteiger partial charge on any atom is 0.0548 e. The minimum Gasteiger partial charge on any atom is -0.309 e. The molecule has 7 aromatic rings. The van der Waals surface area contributed by atoms with E-state index >= 15 is 0 Å². The predicted octanol–water partition coefficient (Wildman–Crippen LogP) is 9.25. The van der Waals surface area contributed by atoms with Crippen molar-refractivity contribution < 1.29 is 0 Å². The number of fused-ring (bicyclic) bond motifs is 3. The van der Waals surface area contributed by atoms with Crippen LogP contribution in [0.5, 0.6) is 0 Å². The third kappa shape index (κ3) is 2.53. The molecule has 1 heterocycles. The van der Waals surface area contributed by atoms with Crippen LogP contribution in [-0.4, -0.2) is 4.57 Å². The topological polar surface area (TPSA) is 4.93 Å². The van der Waals surface area contributed by atoms with Crippen molar-refractivity contribution in [3.05, 3.63) is 127 Å². The largest absolute Gasteiger partial charge is 0.309 e. The van der Waals surface area contributed by atoms with Crippen LogP contribution in [0.1, 0.15) is 0 Å². The number of aromatic nitrogens is 1. The van der Waals surface area contributed by atoms with E-state index in [1.807, 2.05) is 0 Å².